The molecule has 25 heavy (non-hydrogen) atoms. The van der Waals surface area contributed by atoms with E-state index in [4.69, 9.17) is 5.41 Å². The van der Waals surface area contributed by atoms with Gasteiger partial charge < -0.3 is 5.32 Å². The molecular weight excluding hydrogens is 350 g/mol. The third kappa shape index (κ3) is 2.77. The number of fused-ring (bicyclic) bond motifs is 1. The maximum Gasteiger partial charge on any atom is 0.231 e. The molecule has 0 saturated carbocycles. The van der Waals surface area contributed by atoms with Gasteiger partial charge in [-0.05, 0) is 42.5 Å². The van der Waals surface area contributed by atoms with Crippen LogP contribution in [-0.4, -0.2) is 34.6 Å². The first-order valence-corrected chi connectivity index (χ1v) is 10.1. The van der Waals surface area contributed by atoms with E-state index in [1.54, 1.807) is 7.05 Å². The van der Waals surface area contributed by atoms with Gasteiger partial charge in [-0.2, -0.15) is 0 Å². The molecule has 130 valence electrons. The highest BCUT2D eigenvalue weighted by atomic mass is 32.2. The lowest BCUT2D eigenvalue weighted by molar-refractivity contribution is -0.128. The summed E-state index contributed by atoms with van der Waals surface area (Å²) in [5, 5.41) is 14.0. The number of nitrogens with zero attached hydrogens (tertiary/aromatic N) is 1. The number of allylic oxidation sites excluding steroid dienone is 2. The Morgan fingerprint density at radius 1 is 1.40 bits per heavy atom. The van der Waals surface area contributed by atoms with Crippen molar-refractivity contribution in [2.24, 2.45) is 5.92 Å². The minimum absolute atomic E-state index is 0.0203. The summed E-state index contributed by atoms with van der Waals surface area (Å²) in [4.78, 5) is 16.3. The normalized spacial score (nSPS) is 31.6. The summed E-state index contributed by atoms with van der Waals surface area (Å²) < 4.78 is 0. The number of thioether (sulfide) groups is 1. The van der Waals surface area contributed by atoms with E-state index >= 15 is 0 Å². The number of guanidine groups is 1. The molecule has 3 atom stereocenters. The Hall–Kier alpha value is -1.79. The third-order valence-electron chi connectivity index (χ3n) is 5.16. The molecule has 4 nitrogen and oxygen atoms in total. The molecular formula is C19H21N3OS2. The third-order valence-corrected chi connectivity index (χ3v) is 7.36. The van der Waals surface area contributed by atoms with E-state index in [1.807, 2.05) is 30.0 Å². The minimum Gasteiger partial charge on any atom is -0.346 e. The van der Waals surface area contributed by atoms with Crippen molar-refractivity contribution in [2.75, 3.05) is 7.05 Å². The van der Waals surface area contributed by atoms with Gasteiger partial charge in [-0.25, -0.2) is 0 Å². The van der Waals surface area contributed by atoms with Gasteiger partial charge >= 0.3 is 0 Å². The average Bonchev–Trinajstić information content (AvgIpc) is 3.17. The van der Waals surface area contributed by atoms with Gasteiger partial charge in [-0.15, -0.1) is 23.1 Å². The Morgan fingerprint density at radius 2 is 2.20 bits per heavy atom. The topological polar surface area (TPSA) is 56.2 Å². The van der Waals surface area contributed by atoms with Crippen LogP contribution in [0.2, 0.25) is 0 Å². The zero-order valence-electron chi connectivity index (χ0n) is 14.5. The highest BCUT2D eigenvalue weighted by Crippen LogP contribution is 2.47. The zero-order valence-corrected chi connectivity index (χ0v) is 16.1. The van der Waals surface area contributed by atoms with Crippen molar-refractivity contribution < 1.29 is 4.79 Å². The Morgan fingerprint density at radius 3 is 2.88 bits per heavy atom. The number of carbonyl (C=O) groups excluding carboxylic acids is 1. The Labute approximate surface area is 156 Å². The predicted molar refractivity (Wildman–Crippen MR) is 106 cm³/mol. The predicted octanol–water partition coefficient (Wildman–Crippen LogP) is 3.77. The highest BCUT2D eigenvalue weighted by Gasteiger charge is 2.41. The van der Waals surface area contributed by atoms with Gasteiger partial charge in [0.1, 0.15) is 0 Å². The molecule has 3 aliphatic rings. The lowest BCUT2D eigenvalue weighted by atomic mass is 9.79. The molecule has 0 bridgehead atoms. The second-order valence-corrected chi connectivity index (χ2v) is 9.37. The lowest BCUT2D eigenvalue weighted by Gasteiger charge is -2.41. The van der Waals surface area contributed by atoms with Crippen LogP contribution < -0.4 is 5.32 Å². The number of nitrogens with one attached hydrogen (secondary N) is 2. The van der Waals surface area contributed by atoms with Gasteiger partial charge in [0.05, 0.1) is 12.0 Å². The SMILES string of the molecule is Cc1ccc(C2=CSC3C=CC([C@]4(C)CC(=O)N(C)C(=N)N4)=CC23)s1. The van der Waals surface area contributed by atoms with Gasteiger partial charge in [0.2, 0.25) is 5.91 Å². The second kappa shape index (κ2) is 5.88. The first kappa shape index (κ1) is 16.7. The van der Waals surface area contributed by atoms with Gasteiger partial charge in [-0.1, -0.05) is 18.2 Å². The summed E-state index contributed by atoms with van der Waals surface area (Å²) in [6.07, 6.45) is 7.03. The maximum absolute atomic E-state index is 12.3. The molecule has 1 aromatic rings. The van der Waals surface area contributed by atoms with Crippen LogP contribution in [0.15, 0.2) is 41.3 Å². The van der Waals surface area contributed by atoms with Crippen LogP contribution in [0.4, 0.5) is 0 Å². The van der Waals surface area contributed by atoms with Crippen LogP contribution in [0, 0.1) is 18.3 Å². The average molecular weight is 372 g/mol. The number of aryl methyl sites for hydroxylation is 1. The van der Waals surface area contributed by atoms with E-state index in [9.17, 15) is 4.79 Å². The van der Waals surface area contributed by atoms with E-state index in [-0.39, 0.29) is 11.9 Å². The largest absolute Gasteiger partial charge is 0.346 e. The molecule has 0 spiro atoms. The first-order valence-electron chi connectivity index (χ1n) is 8.33. The van der Waals surface area contributed by atoms with Crippen molar-refractivity contribution in [1.29, 1.82) is 5.41 Å². The summed E-state index contributed by atoms with van der Waals surface area (Å²) in [7, 11) is 1.64. The number of rotatable bonds is 2. The van der Waals surface area contributed by atoms with Crippen LogP contribution in [-0.2, 0) is 4.79 Å². The molecule has 1 aliphatic carbocycles. The van der Waals surface area contributed by atoms with Crippen LogP contribution in [0.5, 0.6) is 0 Å². The fourth-order valence-corrected chi connectivity index (χ4v) is 5.74. The molecule has 2 aliphatic heterocycles. The monoisotopic (exact) mass is 371 g/mol. The fraction of sp³-hybridized carbons (Fsp3) is 0.368. The van der Waals surface area contributed by atoms with Gasteiger partial charge in [0.15, 0.2) is 5.96 Å². The smallest absolute Gasteiger partial charge is 0.231 e. The van der Waals surface area contributed by atoms with Crippen LogP contribution >= 0.6 is 23.1 Å². The van der Waals surface area contributed by atoms with Crippen LogP contribution in [0.3, 0.4) is 0 Å². The minimum atomic E-state index is -0.522. The molecule has 1 aromatic heterocycles. The molecule has 0 aromatic carbocycles. The van der Waals surface area contributed by atoms with E-state index in [2.05, 4.69) is 48.0 Å². The van der Waals surface area contributed by atoms with Gasteiger partial charge in [-0.3, -0.25) is 15.1 Å². The van der Waals surface area contributed by atoms with Gasteiger partial charge in [0, 0.05) is 28.0 Å². The molecule has 6 heteroatoms. The zero-order chi connectivity index (χ0) is 17.8. The number of amides is 1. The second-order valence-electron chi connectivity index (χ2n) is 7.03. The molecule has 2 unspecified atom stereocenters. The maximum atomic E-state index is 12.3. The van der Waals surface area contributed by atoms with Crippen molar-refractivity contribution in [3.05, 3.63) is 51.1 Å². The fourth-order valence-electron chi connectivity index (χ4n) is 3.58. The molecule has 2 N–H and O–H groups in total. The van der Waals surface area contributed by atoms with Crippen molar-refractivity contribution in [1.82, 2.24) is 10.2 Å². The van der Waals surface area contributed by atoms with Gasteiger partial charge in [0.25, 0.3) is 0 Å². The Balaban J connectivity index is 1.66. The number of hydrogen-bond donors (Lipinski definition) is 2. The molecule has 3 heterocycles. The Kier molecular flexibility index (Phi) is 3.92. The van der Waals surface area contributed by atoms with Crippen molar-refractivity contribution in [2.45, 2.75) is 31.1 Å². The summed E-state index contributed by atoms with van der Waals surface area (Å²) >= 11 is 3.70. The van der Waals surface area contributed by atoms with Crippen LogP contribution in [0.1, 0.15) is 23.1 Å². The van der Waals surface area contributed by atoms with Crippen molar-refractivity contribution in [3.8, 4) is 0 Å². The summed E-state index contributed by atoms with van der Waals surface area (Å²) in [5.41, 5.74) is 1.95. The standard InChI is InChI=1S/C19H21N3OS2/c1-11-4-6-16(25-11)14-10-24-15-7-5-12(8-13(14)15)19(2)9-17(23)22(3)18(20)21-19/h4-8,10,13,15H,9H2,1-3H3,(H2,20,21)/t13?,15?,19-/m0/s1. The summed E-state index contributed by atoms with van der Waals surface area (Å²) in [6.45, 7) is 4.15. The quantitative estimate of drug-likeness (QED) is 0.832. The number of hydrogen-bond acceptors (Lipinski definition) is 4. The van der Waals surface area contributed by atoms with Crippen molar-refractivity contribution in [3.63, 3.8) is 0 Å². The molecule has 1 fully saturated rings. The lowest BCUT2D eigenvalue weighted by Crippen LogP contribution is -2.60. The highest BCUT2D eigenvalue weighted by molar-refractivity contribution is 8.03. The summed E-state index contributed by atoms with van der Waals surface area (Å²) in [6, 6.07) is 4.37. The summed E-state index contributed by atoms with van der Waals surface area (Å²) in [5.74, 6) is 0.472. The van der Waals surface area contributed by atoms with E-state index < -0.39 is 5.54 Å². The van der Waals surface area contributed by atoms with E-state index in [0.29, 0.717) is 17.6 Å². The van der Waals surface area contributed by atoms with E-state index in [1.165, 1.54) is 20.2 Å². The number of carbonyl (C=O) groups is 1. The molecule has 4 rings (SSSR count). The molecule has 1 amide bonds. The molecule has 0 radical (unpaired) electrons. The van der Waals surface area contributed by atoms with Crippen LogP contribution in [0.25, 0.3) is 5.57 Å². The number of thiophene rings is 1. The van der Waals surface area contributed by atoms with E-state index in [0.717, 1.165) is 5.57 Å². The molecule has 1 saturated heterocycles. The first-order chi connectivity index (χ1) is 11.9. The van der Waals surface area contributed by atoms with Crippen molar-refractivity contribution >= 4 is 40.5 Å². The Bertz CT molecular complexity index is 831.